The van der Waals surface area contributed by atoms with E-state index in [2.05, 4.69) is 25.4 Å². The molecule has 0 aliphatic carbocycles. The lowest BCUT2D eigenvalue weighted by molar-refractivity contribution is 0.586. The standard InChI is InChI=1S/C18H28N6O2S.HI/c1-5-19-18(20-10-11-22-27(4,25)26)21-13-16-8-6-7-9-17(16)24-15(3)12-14(2)23-24;/h6-9,12,22H,5,10-11,13H2,1-4H3,(H2,19,20,21);1H. The van der Waals surface area contributed by atoms with Crippen LogP contribution in [0.1, 0.15) is 23.9 Å². The minimum atomic E-state index is -3.19. The van der Waals surface area contributed by atoms with Crippen molar-refractivity contribution >= 4 is 40.0 Å². The fraction of sp³-hybridized carbons (Fsp3) is 0.444. The van der Waals surface area contributed by atoms with Gasteiger partial charge in [-0.05, 0) is 38.5 Å². The fourth-order valence-electron chi connectivity index (χ4n) is 2.65. The Morgan fingerprint density at radius 1 is 1.18 bits per heavy atom. The molecule has 3 N–H and O–H groups in total. The van der Waals surface area contributed by atoms with Crippen molar-refractivity contribution in [3.05, 3.63) is 47.3 Å². The summed E-state index contributed by atoms with van der Waals surface area (Å²) < 4.78 is 26.6. The molecule has 0 atom stereocenters. The molecule has 0 unspecified atom stereocenters. The molecule has 1 aromatic carbocycles. The van der Waals surface area contributed by atoms with Crippen LogP contribution in [0.5, 0.6) is 0 Å². The number of guanidine groups is 1. The average molecular weight is 520 g/mol. The highest BCUT2D eigenvalue weighted by Crippen LogP contribution is 2.17. The van der Waals surface area contributed by atoms with Crippen LogP contribution < -0.4 is 15.4 Å². The highest BCUT2D eigenvalue weighted by molar-refractivity contribution is 14.0. The van der Waals surface area contributed by atoms with Gasteiger partial charge in [-0.2, -0.15) is 5.10 Å². The summed E-state index contributed by atoms with van der Waals surface area (Å²) in [6, 6.07) is 10.1. The van der Waals surface area contributed by atoms with E-state index in [9.17, 15) is 8.42 Å². The molecule has 2 rings (SSSR count). The van der Waals surface area contributed by atoms with E-state index in [0.29, 0.717) is 32.1 Å². The molecular formula is C18H29IN6O2S. The van der Waals surface area contributed by atoms with Crippen molar-refractivity contribution in [3.8, 4) is 5.69 Å². The van der Waals surface area contributed by atoms with Crippen molar-refractivity contribution in [2.45, 2.75) is 27.3 Å². The minimum absolute atomic E-state index is 0. The number of benzene rings is 1. The Labute approximate surface area is 184 Å². The highest BCUT2D eigenvalue weighted by Gasteiger charge is 2.08. The lowest BCUT2D eigenvalue weighted by Gasteiger charge is -2.13. The third-order valence-electron chi connectivity index (χ3n) is 3.76. The number of sulfonamides is 1. The molecule has 0 aliphatic heterocycles. The third kappa shape index (κ3) is 7.76. The molecule has 2 aromatic rings. The first kappa shape index (κ1) is 24.4. The molecule has 0 bridgehead atoms. The molecule has 0 saturated heterocycles. The number of hydrogen-bond donors (Lipinski definition) is 3. The Hall–Kier alpha value is -1.66. The molecule has 28 heavy (non-hydrogen) atoms. The molecule has 0 amide bonds. The molecule has 0 radical (unpaired) electrons. The largest absolute Gasteiger partial charge is 0.357 e. The van der Waals surface area contributed by atoms with Crippen molar-refractivity contribution < 1.29 is 8.42 Å². The van der Waals surface area contributed by atoms with Crippen LogP contribution in [0.25, 0.3) is 5.69 Å². The van der Waals surface area contributed by atoms with Gasteiger partial charge in [0.1, 0.15) is 0 Å². The first-order valence-electron chi connectivity index (χ1n) is 8.88. The second kappa shape index (κ2) is 11.4. The maximum atomic E-state index is 11.1. The van der Waals surface area contributed by atoms with Gasteiger partial charge in [-0.25, -0.2) is 22.8 Å². The Bertz CT molecular complexity index is 895. The van der Waals surface area contributed by atoms with Gasteiger partial charge in [0.25, 0.3) is 0 Å². The van der Waals surface area contributed by atoms with Crippen LogP contribution in [0.2, 0.25) is 0 Å². The minimum Gasteiger partial charge on any atom is -0.357 e. The molecule has 8 nitrogen and oxygen atoms in total. The van der Waals surface area contributed by atoms with Crippen LogP contribution in [0.15, 0.2) is 35.3 Å². The van der Waals surface area contributed by atoms with Gasteiger partial charge < -0.3 is 10.6 Å². The van der Waals surface area contributed by atoms with E-state index in [4.69, 9.17) is 0 Å². The Kier molecular flexibility index (Phi) is 9.90. The molecule has 156 valence electrons. The zero-order chi connectivity index (χ0) is 19.9. The molecule has 0 spiro atoms. The Morgan fingerprint density at radius 2 is 1.89 bits per heavy atom. The summed E-state index contributed by atoms with van der Waals surface area (Å²) in [7, 11) is -3.19. The lowest BCUT2D eigenvalue weighted by Crippen LogP contribution is -2.41. The first-order chi connectivity index (χ1) is 12.8. The zero-order valence-corrected chi connectivity index (χ0v) is 19.8. The third-order valence-corrected chi connectivity index (χ3v) is 4.49. The number of halogens is 1. The van der Waals surface area contributed by atoms with Gasteiger partial charge in [0, 0.05) is 25.3 Å². The predicted molar refractivity (Wildman–Crippen MR) is 124 cm³/mol. The van der Waals surface area contributed by atoms with Crippen molar-refractivity contribution in [1.82, 2.24) is 25.1 Å². The second-order valence-corrected chi connectivity index (χ2v) is 8.09. The van der Waals surface area contributed by atoms with Gasteiger partial charge in [0.2, 0.25) is 10.0 Å². The van der Waals surface area contributed by atoms with Gasteiger partial charge in [-0.3, -0.25) is 0 Å². The number of hydrogen-bond acceptors (Lipinski definition) is 4. The van der Waals surface area contributed by atoms with Gasteiger partial charge in [0.05, 0.1) is 24.2 Å². The highest BCUT2D eigenvalue weighted by atomic mass is 127. The number of aromatic nitrogens is 2. The van der Waals surface area contributed by atoms with Crippen molar-refractivity contribution in [3.63, 3.8) is 0 Å². The van der Waals surface area contributed by atoms with Gasteiger partial charge >= 0.3 is 0 Å². The van der Waals surface area contributed by atoms with Crippen LogP contribution in [-0.2, 0) is 16.6 Å². The maximum Gasteiger partial charge on any atom is 0.208 e. The van der Waals surface area contributed by atoms with Crippen LogP contribution in [0, 0.1) is 13.8 Å². The van der Waals surface area contributed by atoms with E-state index in [1.165, 1.54) is 0 Å². The fourth-order valence-corrected chi connectivity index (χ4v) is 3.12. The Balaban J connectivity index is 0.00000392. The smallest absolute Gasteiger partial charge is 0.208 e. The molecule has 10 heteroatoms. The zero-order valence-electron chi connectivity index (χ0n) is 16.7. The summed E-state index contributed by atoms with van der Waals surface area (Å²) in [6.45, 7) is 7.91. The number of nitrogens with one attached hydrogen (secondary N) is 3. The summed E-state index contributed by atoms with van der Waals surface area (Å²) in [5.74, 6) is 0.635. The van der Waals surface area contributed by atoms with Gasteiger partial charge in [-0.15, -0.1) is 24.0 Å². The van der Waals surface area contributed by atoms with E-state index in [1.54, 1.807) is 0 Å². The summed E-state index contributed by atoms with van der Waals surface area (Å²) >= 11 is 0. The van der Waals surface area contributed by atoms with E-state index in [1.807, 2.05) is 55.8 Å². The SMILES string of the molecule is CCNC(=NCc1ccccc1-n1nc(C)cc1C)NCCNS(C)(=O)=O.I. The average Bonchev–Trinajstić information content (AvgIpc) is 2.94. The monoisotopic (exact) mass is 520 g/mol. The molecule has 1 aromatic heterocycles. The Morgan fingerprint density at radius 3 is 2.50 bits per heavy atom. The molecule has 0 saturated carbocycles. The maximum absolute atomic E-state index is 11.1. The summed E-state index contributed by atoms with van der Waals surface area (Å²) in [5, 5.41) is 10.9. The summed E-state index contributed by atoms with van der Waals surface area (Å²) in [5.41, 5.74) is 4.09. The molecule has 0 fully saturated rings. The quantitative estimate of drug-likeness (QED) is 0.213. The number of aliphatic imine (C=N–C) groups is 1. The predicted octanol–water partition coefficient (Wildman–Crippen LogP) is 1.71. The molecular weight excluding hydrogens is 491 g/mol. The van der Waals surface area contributed by atoms with Crippen LogP contribution in [0.4, 0.5) is 0 Å². The van der Waals surface area contributed by atoms with Gasteiger partial charge in [-0.1, -0.05) is 18.2 Å². The van der Waals surface area contributed by atoms with Crippen LogP contribution in [-0.4, -0.2) is 50.0 Å². The first-order valence-corrected chi connectivity index (χ1v) is 10.8. The topological polar surface area (TPSA) is 100 Å². The van der Waals surface area contributed by atoms with E-state index in [0.717, 1.165) is 28.9 Å². The number of nitrogens with zero attached hydrogens (tertiary/aromatic N) is 3. The normalized spacial score (nSPS) is 11.8. The van der Waals surface area contributed by atoms with Crippen LogP contribution >= 0.6 is 24.0 Å². The number of para-hydroxylation sites is 1. The van der Waals surface area contributed by atoms with E-state index in [-0.39, 0.29) is 24.0 Å². The molecule has 0 aliphatic rings. The lowest BCUT2D eigenvalue weighted by atomic mass is 10.2. The number of aryl methyl sites for hydroxylation is 2. The van der Waals surface area contributed by atoms with Crippen molar-refractivity contribution in [1.29, 1.82) is 0 Å². The summed E-state index contributed by atoms with van der Waals surface area (Å²) in [6.07, 6.45) is 1.14. The van der Waals surface area contributed by atoms with Crippen LogP contribution in [0.3, 0.4) is 0 Å². The van der Waals surface area contributed by atoms with E-state index < -0.39 is 10.0 Å². The van der Waals surface area contributed by atoms with E-state index >= 15 is 0 Å². The van der Waals surface area contributed by atoms with Crippen molar-refractivity contribution in [2.24, 2.45) is 4.99 Å². The molecule has 1 heterocycles. The second-order valence-electron chi connectivity index (χ2n) is 6.26. The summed E-state index contributed by atoms with van der Waals surface area (Å²) in [4.78, 5) is 4.62. The number of rotatable bonds is 8. The van der Waals surface area contributed by atoms with Gasteiger partial charge in [0.15, 0.2) is 5.96 Å². The van der Waals surface area contributed by atoms with Crippen molar-refractivity contribution in [2.75, 3.05) is 25.9 Å².